The Morgan fingerprint density at radius 2 is 1.92 bits per heavy atom. The molecule has 1 aromatic rings. The molecule has 0 aliphatic heterocycles. The van der Waals surface area contributed by atoms with Crippen molar-refractivity contribution >= 4 is 0 Å². The first-order valence-corrected chi connectivity index (χ1v) is 3.46. The summed E-state index contributed by atoms with van der Waals surface area (Å²) in [5.41, 5.74) is 2.16. The van der Waals surface area contributed by atoms with E-state index in [0.29, 0.717) is 5.92 Å². The van der Waals surface area contributed by atoms with Crippen molar-refractivity contribution in [3.63, 3.8) is 0 Å². The van der Waals surface area contributed by atoms with Crippen LogP contribution < -0.4 is 0 Å². The number of hydrogen-bond donors (Lipinski definition) is 0. The summed E-state index contributed by atoms with van der Waals surface area (Å²) >= 11 is 0. The van der Waals surface area contributed by atoms with Crippen LogP contribution in [0.3, 0.4) is 0 Å². The molecule has 1 rings (SSSR count). The van der Waals surface area contributed by atoms with Crippen LogP contribution in [0.4, 0.5) is 0 Å². The van der Waals surface area contributed by atoms with Gasteiger partial charge in [0.2, 0.25) is 0 Å². The molecule has 0 atom stereocenters. The predicted octanol–water partition coefficient (Wildman–Crippen LogP) is 2.11. The Morgan fingerprint density at radius 1 is 1.33 bits per heavy atom. The molecule has 0 saturated carbocycles. The third-order valence-corrected chi connectivity index (χ3v) is 1.39. The first-order chi connectivity index (χ1) is 4.70. The summed E-state index contributed by atoms with van der Waals surface area (Å²) in [5, 5.41) is 0. The van der Waals surface area contributed by atoms with E-state index in [4.69, 9.17) is 0 Å². The Morgan fingerprint density at radius 3 is 2.25 bits per heavy atom. The number of rotatable bonds is 1. The maximum atomic E-state index is 3.95. The summed E-state index contributed by atoms with van der Waals surface area (Å²) in [6, 6.07) is 3.19. The minimum absolute atomic E-state index is 0. The number of hydrogen-bond acceptors (Lipinski definition) is 1. The van der Waals surface area contributed by atoms with Crippen LogP contribution in [-0.4, -0.2) is 4.98 Å². The molecule has 0 N–H and O–H groups in total. The maximum absolute atomic E-state index is 3.95. The molecule has 0 aromatic carbocycles. The summed E-state index contributed by atoms with van der Waals surface area (Å²) < 4.78 is 0. The second-order valence-corrected chi connectivity index (χ2v) is 2.73. The average Bonchev–Trinajstić information content (AvgIpc) is 1.88. The van der Waals surface area contributed by atoms with E-state index in [-0.39, 0.29) is 39.0 Å². The Bertz CT molecular complexity index is 224. The number of pyridine rings is 1. The second-order valence-electron chi connectivity index (χ2n) is 2.73. The summed E-state index contributed by atoms with van der Waals surface area (Å²) in [6.45, 7) is 6.22. The standard InChI is InChI=1S/C9H11N.2Rh/c1-7(2)9-4-8(3)5-10-6-9;;/h6-7H,1-3H3;;/q-2;;. The van der Waals surface area contributed by atoms with Gasteiger partial charge in [-0.1, -0.05) is 26.7 Å². The second kappa shape index (κ2) is 6.86. The van der Waals surface area contributed by atoms with Gasteiger partial charge in [0.1, 0.15) is 0 Å². The normalized spacial score (nSPS) is 8.67. The van der Waals surface area contributed by atoms with Gasteiger partial charge in [0, 0.05) is 39.0 Å². The van der Waals surface area contributed by atoms with E-state index in [9.17, 15) is 0 Å². The van der Waals surface area contributed by atoms with E-state index >= 15 is 0 Å². The Balaban J connectivity index is 0. The summed E-state index contributed by atoms with van der Waals surface area (Å²) in [7, 11) is 0. The van der Waals surface area contributed by atoms with E-state index < -0.39 is 0 Å². The molecule has 3 heteroatoms. The van der Waals surface area contributed by atoms with Crippen molar-refractivity contribution in [2.45, 2.75) is 26.7 Å². The van der Waals surface area contributed by atoms with Gasteiger partial charge in [0.05, 0.1) is 0 Å². The molecule has 0 fully saturated rings. The number of aromatic nitrogens is 1. The van der Waals surface area contributed by atoms with Crippen molar-refractivity contribution in [2.24, 2.45) is 0 Å². The molecule has 0 amide bonds. The van der Waals surface area contributed by atoms with Gasteiger partial charge in [-0.3, -0.25) is 17.3 Å². The van der Waals surface area contributed by atoms with E-state index in [1.165, 1.54) is 0 Å². The fourth-order valence-corrected chi connectivity index (χ4v) is 0.769. The van der Waals surface area contributed by atoms with Gasteiger partial charge in [-0.05, 0) is 0 Å². The Labute approximate surface area is 99.9 Å². The van der Waals surface area contributed by atoms with Gasteiger partial charge < -0.3 is 11.1 Å². The molecule has 0 aliphatic rings. The number of aryl methyl sites for hydroxylation is 1. The van der Waals surface area contributed by atoms with Crippen molar-refractivity contribution in [1.29, 1.82) is 0 Å². The first kappa shape index (κ1) is 14.9. The third-order valence-electron chi connectivity index (χ3n) is 1.39. The van der Waals surface area contributed by atoms with Crippen LogP contribution in [0.5, 0.6) is 0 Å². The van der Waals surface area contributed by atoms with Gasteiger partial charge in [-0.25, -0.2) is 6.20 Å². The molecule has 1 nitrogen and oxygen atoms in total. The first-order valence-electron chi connectivity index (χ1n) is 3.46. The summed E-state index contributed by atoms with van der Waals surface area (Å²) in [6.07, 6.45) is 4.64. The van der Waals surface area contributed by atoms with E-state index in [0.717, 1.165) is 11.1 Å². The van der Waals surface area contributed by atoms with Crippen LogP contribution in [0.2, 0.25) is 0 Å². The molecule has 2 radical (unpaired) electrons. The van der Waals surface area contributed by atoms with Crippen LogP contribution in [0.1, 0.15) is 30.9 Å². The average molecular weight is 339 g/mol. The molecule has 0 unspecified atom stereocenters. The fraction of sp³-hybridized carbons (Fsp3) is 0.444. The zero-order valence-electron chi connectivity index (χ0n) is 7.27. The largest absolute Gasteiger partial charge is 0.528 e. The van der Waals surface area contributed by atoms with Gasteiger partial charge in [-0.15, -0.1) is 0 Å². The van der Waals surface area contributed by atoms with Crippen LogP contribution >= 0.6 is 0 Å². The van der Waals surface area contributed by atoms with Gasteiger partial charge >= 0.3 is 0 Å². The molecular weight excluding hydrogens is 328 g/mol. The van der Waals surface area contributed by atoms with Crippen LogP contribution in [-0.2, 0) is 39.0 Å². The zero-order valence-corrected chi connectivity index (χ0v) is 10.5. The SMILES string of the molecule is Cc1[c-]ncc(C(C)C)[c-]1.[Rh].[Rh]. The Hall–Kier alpha value is 0.397. The smallest absolute Gasteiger partial charge is 0 e. The summed E-state index contributed by atoms with van der Waals surface area (Å²) in [5.74, 6) is 0.515. The van der Waals surface area contributed by atoms with Crippen molar-refractivity contribution in [1.82, 2.24) is 4.98 Å². The molecule has 0 spiro atoms. The predicted molar refractivity (Wildman–Crippen MR) is 40.7 cm³/mol. The van der Waals surface area contributed by atoms with Gasteiger partial charge in [0.25, 0.3) is 0 Å². The minimum atomic E-state index is 0. The van der Waals surface area contributed by atoms with Gasteiger partial charge in [-0.2, -0.15) is 0 Å². The third kappa shape index (κ3) is 4.43. The van der Waals surface area contributed by atoms with E-state index in [1.807, 2.05) is 13.1 Å². The monoisotopic (exact) mass is 339 g/mol. The van der Waals surface area contributed by atoms with Crippen molar-refractivity contribution in [2.75, 3.05) is 0 Å². The van der Waals surface area contributed by atoms with Gasteiger partial charge in [0.15, 0.2) is 0 Å². The van der Waals surface area contributed by atoms with Crippen molar-refractivity contribution in [3.8, 4) is 0 Å². The fourth-order valence-electron chi connectivity index (χ4n) is 0.769. The molecule has 0 aliphatic carbocycles. The topological polar surface area (TPSA) is 12.9 Å². The summed E-state index contributed by atoms with van der Waals surface area (Å²) in [4.78, 5) is 3.95. The van der Waals surface area contributed by atoms with Crippen LogP contribution in [0.15, 0.2) is 6.20 Å². The molecule has 0 saturated heterocycles. The molecule has 12 heavy (non-hydrogen) atoms. The quantitative estimate of drug-likeness (QED) is 0.564. The minimum Gasteiger partial charge on any atom is -0.528 e. The molecule has 1 heterocycles. The van der Waals surface area contributed by atoms with Crippen molar-refractivity contribution < 1.29 is 39.0 Å². The van der Waals surface area contributed by atoms with Crippen molar-refractivity contribution in [3.05, 3.63) is 29.6 Å². The molecular formula is C9H11NRh2-2. The molecule has 0 bridgehead atoms. The Kier molecular flexibility index (Phi) is 8.52. The van der Waals surface area contributed by atoms with Crippen LogP contribution in [0, 0.1) is 19.2 Å². The zero-order chi connectivity index (χ0) is 7.56. The van der Waals surface area contributed by atoms with E-state index in [1.54, 1.807) is 0 Å². The molecule has 72 valence electrons. The maximum Gasteiger partial charge on any atom is 0 e. The van der Waals surface area contributed by atoms with Crippen LogP contribution in [0.25, 0.3) is 0 Å². The molecule has 1 aromatic heterocycles. The number of nitrogens with zero attached hydrogens (tertiary/aromatic N) is 1. The van der Waals surface area contributed by atoms with E-state index in [2.05, 4.69) is 31.1 Å².